The zero-order valence-corrected chi connectivity index (χ0v) is 39.5. The number of amides is 2. The first-order chi connectivity index (χ1) is 30.5. The van der Waals surface area contributed by atoms with Gasteiger partial charge in [0.25, 0.3) is 0 Å². The van der Waals surface area contributed by atoms with E-state index >= 15 is 0 Å². The van der Waals surface area contributed by atoms with Crippen LogP contribution >= 0.6 is 23.4 Å². The molecule has 0 saturated heterocycles. The number of carbonyl (C=O) groups excluding carboxylic acids is 4. The van der Waals surface area contributed by atoms with Crippen LogP contribution in [0.1, 0.15) is 86.1 Å². The van der Waals surface area contributed by atoms with Crippen LogP contribution in [0.2, 0.25) is 5.02 Å². The Hall–Kier alpha value is -6.50. The zero-order chi connectivity index (χ0) is 48.2. The first kappa shape index (κ1) is 51.1. The van der Waals surface area contributed by atoms with Gasteiger partial charge in [-0.2, -0.15) is 10.5 Å². The number of nitrogen functional groups attached to an aromatic ring is 1. The number of alkyl carbamates (subject to hydrolysis) is 2. The lowest BCUT2D eigenvalue weighted by Crippen LogP contribution is -2.49. The average Bonchev–Trinajstić information content (AvgIpc) is 3.69. The number of hydrogen-bond acceptors (Lipinski definition) is 16. The molecule has 4 rings (SSSR count). The van der Waals surface area contributed by atoms with E-state index in [4.69, 9.17) is 45.4 Å². The molecule has 65 heavy (non-hydrogen) atoms. The minimum atomic E-state index is -1.22. The number of carbonyl (C=O) groups is 4. The third kappa shape index (κ3) is 15.3. The maximum Gasteiger partial charge on any atom is 0.408 e. The molecule has 2 unspecified atom stereocenters. The predicted octanol–water partition coefficient (Wildman–Crippen LogP) is 8.61. The van der Waals surface area contributed by atoms with E-state index in [1.807, 2.05) is 0 Å². The van der Waals surface area contributed by atoms with Crippen molar-refractivity contribution in [2.24, 2.45) is 11.8 Å². The SMILES string of the molecule is CC(C)C(NC(=O)OC(C)(C)C)C(=O)OC[C@H](COc1ccc(-c2c(C#N)c(N)nc(SCc3coc(-c4ccc(Cl)cc4)n3)c2C#N)cc1)OC(=O)C(NC(=O)OC(C)(C)C)C(C)C. The summed E-state index contributed by atoms with van der Waals surface area (Å²) in [5.74, 6) is -1.66. The molecule has 0 aliphatic rings. The first-order valence-electron chi connectivity index (χ1n) is 20.5. The largest absolute Gasteiger partial charge is 0.490 e. The second-order valence-electron chi connectivity index (χ2n) is 17.4. The summed E-state index contributed by atoms with van der Waals surface area (Å²) in [6, 6.07) is 15.4. The van der Waals surface area contributed by atoms with Gasteiger partial charge < -0.3 is 44.5 Å². The average molecular weight is 932 g/mol. The molecule has 0 aliphatic carbocycles. The summed E-state index contributed by atoms with van der Waals surface area (Å²) in [6.45, 7) is 16.1. The Labute approximate surface area is 387 Å². The number of pyridine rings is 1. The van der Waals surface area contributed by atoms with Crippen LogP contribution in [-0.4, -0.2) is 76.7 Å². The number of halogens is 1. The van der Waals surface area contributed by atoms with Gasteiger partial charge in [0.05, 0.1) is 11.3 Å². The van der Waals surface area contributed by atoms with E-state index in [-0.39, 0.29) is 45.6 Å². The highest BCUT2D eigenvalue weighted by Crippen LogP contribution is 2.37. The van der Waals surface area contributed by atoms with Crippen LogP contribution in [0, 0.1) is 34.5 Å². The number of oxazole rings is 1. The number of ether oxygens (including phenoxy) is 5. The van der Waals surface area contributed by atoms with Gasteiger partial charge in [0, 0.05) is 21.9 Å². The van der Waals surface area contributed by atoms with Gasteiger partial charge in [0.2, 0.25) is 5.89 Å². The van der Waals surface area contributed by atoms with E-state index in [0.717, 1.165) is 5.56 Å². The normalized spacial score (nSPS) is 12.8. The molecule has 2 aromatic carbocycles. The summed E-state index contributed by atoms with van der Waals surface area (Å²) < 4.78 is 33.7. The topological polar surface area (TPSA) is 251 Å². The molecule has 346 valence electrons. The van der Waals surface area contributed by atoms with Crippen molar-refractivity contribution in [3.63, 3.8) is 0 Å². The molecule has 0 aliphatic heterocycles. The fourth-order valence-electron chi connectivity index (χ4n) is 5.82. The molecule has 0 saturated carbocycles. The van der Waals surface area contributed by atoms with Crippen molar-refractivity contribution in [1.29, 1.82) is 10.5 Å². The quantitative estimate of drug-likeness (QED) is 0.0509. The summed E-state index contributed by atoms with van der Waals surface area (Å²) in [6.07, 6.45) is -1.37. The number of nitriles is 2. The number of hydrogen-bond donors (Lipinski definition) is 3. The Kier molecular flexibility index (Phi) is 17.6. The second kappa shape index (κ2) is 22.4. The van der Waals surface area contributed by atoms with Gasteiger partial charge in [-0.3, -0.25) is 0 Å². The molecule has 2 aromatic heterocycles. The van der Waals surface area contributed by atoms with Crippen LogP contribution in [0.3, 0.4) is 0 Å². The van der Waals surface area contributed by atoms with Gasteiger partial charge in [0.1, 0.15) is 77.1 Å². The molecule has 19 heteroatoms. The minimum absolute atomic E-state index is 0.000351. The van der Waals surface area contributed by atoms with E-state index < -0.39 is 72.0 Å². The maximum absolute atomic E-state index is 13.6. The van der Waals surface area contributed by atoms with E-state index in [2.05, 4.69) is 32.7 Å². The molecule has 2 amide bonds. The van der Waals surface area contributed by atoms with Gasteiger partial charge in [-0.05, 0) is 95.3 Å². The summed E-state index contributed by atoms with van der Waals surface area (Å²) in [7, 11) is 0. The number of rotatable bonds is 17. The number of nitrogens with two attached hydrogens (primary N) is 1. The highest BCUT2D eigenvalue weighted by Gasteiger charge is 2.33. The van der Waals surface area contributed by atoms with Crippen molar-refractivity contribution in [3.05, 3.63) is 76.6 Å². The van der Waals surface area contributed by atoms with Crippen molar-refractivity contribution in [2.45, 2.75) is 109 Å². The Balaban J connectivity index is 1.56. The van der Waals surface area contributed by atoms with Crippen molar-refractivity contribution in [3.8, 4) is 40.5 Å². The molecular formula is C46H54ClN7O10S. The molecule has 4 N–H and O–H groups in total. The summed E-state index contributed by atoms with van der Waals surface area (Å²) >= 11 is 7.21. The zero-order valence-electron chi connectivity index (χ0n) is 37.9. The van der Waals surface area contributed by atoms with Crippen LogP contribution in [0.15, 0.2) is 64.2 Å². The summed E-state index contributed by atoms with van der Waals surface area (Å²) in [4.78, 5) is 61.1. The van der Waals surface area contributed by atoms with Crippen molar-refractivity contribution < 1.29 is 47.3 Å². The highest BCUT2D eigenvalue weighted by atomic mass is 35.5. The predicted molar refractivity (Wildman–Crippen MR) is 242 cm³/mol. The van der Waals surface area contributed by atoms with Gasteiger partial charge in [-0.25, -0.2) is 29.1 Å². The third-order valence-electron chi connectivity index (χ3n) is 8.87. The van der Waals surface area contributed by atoms with Crippen LogP contribution < -0.4 is 21.1 Å². The van der Waals surface area contributed by atoms with Crippen molar-refractivity contribution in [2.75, 3.05) is 18.9 Å². The smallest absolute Gasteiger partial charge is 0.408 e. The second-order valence-corrected chi connectivity index (χ2v) is 18.8. The molecule has 0 spiro atoms. The highest BCUT2D eigenvalue weighted by molar-refractivity contribution is 7.98. The lowest BCUT2D eigenvalue weighted by molar-refractivity contribution is -0.164. The molecule has 0 bridgehead atoms. The van der Waals surface area contributed by atoms with E-state index in [0.29, 0.717) is 22.2 Å². The van der Waals surface area contributed by atoms with Gasteiger partial charge in [-0.15, -0.1) is 0 Å². The monoisotopic (exact) mass is 931 g/mol. The maximum atomic E-state index is 13.6. The van der Waals surface area contributed by atoms with Crippen molar-refractivity contribution in [1.82, 2.24) is 20.6 Å². The number of nitrogens with one attached hydrogen (secondary N) is 2. The summed E-state index contributed by atoms with van der Waals surface area (Å²) in [5.41, 5.74) is 6.75. The lowest BCUT2D eigenvalue weighted by Gasteiger charge is -2.27. The van der Waals surface area contributed by atoms with Crippen LogP contribution in [0.25, 0.3) is 22.6 Å². The Morgan fingerprint density at radius 1 is 0.785 bits per heavy atom. The van der Waals surface area contributed by atoms with E-state index in [1.165, 1.54) is 18.0 Å². The fourth-order valence-corrected chi connectivity index (χ4v) is 6.82. The van der Waals surface area contributed by atoms with E-state index in [1.54, 1.807) is 118 Å². The van der Waals surface area contributed by atoms with Gasteiger partial charge in [0.15, 0.2) is 6.10 Å². The molecular weight excluding hydrogens is 878 g/mol. The van der Waals surface area contributed by atoms with Gasteiger partial charge >= 0.3 is 24.1 Å². The number of aromatic nitrogens is 2. The van der Waals surface area contributed by atoms with Crippen molar-refractivity contribution >= 4 is 53.3 Å². The number of nitrogens with zero attached hydrogens (tertiary/aromatic N) is 4. The molecule has 0 radical (unpaired) electrons. The summed E-state index contributed by atoms with van der Waals surface area (Å²) in [5, 5.41) is 26.4. The standard InChI is InChI=1S/C46H54ClN7O10S/c1-25(2)36(52-43(57)63-45(5,6)7)41(55)61-23-32(62-42(56)37(26(3)4)53-44(58)64-46(8,9)10)22-59-31-17-13-27(14-18-31)35-33(19-48)38(50)54-40(34(35)20-49)65-24-30-21-60-39(51-30)28-11-15-29(47)16-12-28/h11-18,21,25-26,32,36-37H,22-24H2,1-10H3,(H2,50,54)(H,52,57)(H,53,58)/t32-,36?,37?/m0/s1. The number of thioether (sulfide) groups is 1. The number of benzene rings is 2. The van der Waals surface area contributed by atoms with E-state index in [9.17, 15) is 29.7 Å². The van der Waals surface area contributed by atoms with Gasteiger partial charge in [-0.1, -0.05) is 63.2 Å². The van der Waals surface area contributed by atoms with Crippen LogP contribution in [0.5, 0.6) is 5.75 Å². The molecule has 0 fully saturated rings. The third-order valence-corrected chi connectivity index (χ3v) is 10.1. The number of esters is 2. The minimum Gasteiger partial charge on any atom is -0.490 e. The Morgan fingerprint density at radius 2 is 1.32 bits per heavy atom. The van der Waals surface area contributed by atoms with Crippen LogP contribution in [0.4, 0.5) is 15.4 Å². The molecule has 17 nitrogen and oxygen atoms in total. The first-order valence-corrected chi connectivity index (χ1v) is 21.9. The number of anilines is 1. The molecule has 3 atom stereocenters. The Morgan fingerprint density at radius 3 is 1.85 bits per heavy atom. The lowest BCUT2D eigenvalue weighted by atomic mass is 9.97. The fraction of sp³-hybridized carbons (Fsp3) is 0.435. The van der Waals surface area contributed by atoms with Crippen LogP contribution in [-0.2, 0) is 34.3 Å². The Bertz CT molecular complexity index is 2400. The molecule has 2 heterocycles. The molecule has 4 aromatic rings.